The number of nitriles is 1. The van der Waals surface area contributed by atoms with Gasteiger partial charge in [-0.15, -0.1) is 0 Å². The molecule has 3 amide bonds. The number of hydrazine groups is 1. The Kier molecular flexibility index (Phi) is 5.82. The van der Waals surface area contributed by atoms with Gasteiger partial charge in [0.1, 0.15) is 12.3 Å². The number of thioether (sulfide) groups is 1. The predicted molar refractivity (Wildman–Crippen MR) is 82.4 cm³/mol. The van der Waals surface area contributed by atoms with Gasteiger partial charge < -0.3 is 9.64 Å². The van der Waals surface area contributed by atoms with Gasteiger partial charge in [0.25, 0.3) is 17.1 Å². The van der Waals surface area contributed by atoms with Crippen molar-refractivity contribution in [2.75, 3.05) is 25.4 Å². The third kappa shape index (κ3) is 5.19. The van der Waals surface area contributed by atoms with Crippen LogP contribution in [0.3, 0.4) is 0 Å². The van der Waals surface area contributed by atoms with Crippen LogP contribution in [-0.2, 0) is 9.59 Å². The molecule has 1 fully saturated rings. The van der Waals surface area contributed by atoms with Gasteiger partial charge in [-0.25, -0.2) is 0 Å². The molecule has 0 radical (unpaired) electrons. The zero-order valence-electron chi connectivity index (χ0n) is 12.1. The van der Waals surface area contributed by atoms with Crippen LogP contribution in [0.5, 0.6) is 5.75 Å². The molecule has 120 valence electrons. The number of benzene rings is 1. The first-order valence-corrected chi connectivity index (χ1v) is 7.69. The molecule has 0 bridgehead atoms. The van der Waals surface area contributed by atoms with Gasteiger partial charge in [-0.2, -0.15) is 5.26 Å². The maximum atomic E-state index is 11.6. The lowest BCUT2D eigenvalue weighted by Gasteiger charge is -2.14. The predicted octanol–water partition coefficient (Wildman–Crippen LogP) is 0.253. The van der Waals surface area contributed by atoms with Crippen molar-refractivity contribution in [3.8, 4) is 11.8 Å². The molecule has 0 unspecified atom stereocenters. The molecule has 0 aromatic heterocycles. The number of rotatable bonds is 5. The summed E-state index contributed by atoms with van der Waals surface area (Å²) in [4.78, 5) is 35.9. The Bertz CT molecular complexity index is 641. The van der Waals surface area contributed by atoms with Crippen LogP contribution in [0.4, 0.5) is 4.79 Å². The van der Waals surface area contributed by atoms with E-state index in [0.717, 1.165) is 11.8 Å². The Hall–Kier alpha value is -2.73. The maximum Gasteiger partial charge on any atom is 0.282 e. The summed E-state index contributed by atoms with van der Waals surface area (Å²) in [5.41, 5.74) is 4.91. The van der Waals surface area contributed by atoms with Gasteiger partial charge in [-0.05, 0) is 24.3 Å². The van der Waals surface area contributed by atoms with Crippen LogP contribution in [0.1, 0.15) is 5.56 Å². The van der Waals surface area contributed by atoms with E-state index >= 15 is 0 Å². The van der Waals surface area contributed by atoms with E-state index in [1.54, 1.807) is 24.3 Å². The Morgan fingerprint density at radius 2 is 1.96 bits per heavy atom. The third-order valence-corrected chi connectivity index (χ3v) is 3.77. The van der Waals surface area contributed by atoms with Gasteiger partial charge in [0.15, 0.2) is 6.61 Å². The lowest BCUT2D eigenvalue weighted by atomic mass is 10.2. The van der Waals surface area contributed by atoms with Crippen molar-refractivity contribution < 1.29 is 19.1 Å². The Balaban J connectivity index is 1.67. The molecule has 1 heterocycles. The van der Waals surface area contributed by atoms with Crippen molar-refractivity contribution in [3.05, 3.63) is 29.8 Å². The average molecular weight is 334 g/mol. The molecular weight excluding hydrogens is 320 g/mol. The van der Waals surface area contributed by atoms with E-state index in [0.29, 0.717) is 23.6 Å². The molecule has 2 rings (SSSR count). The fourth-order valence-electron chi connectivity index (χ4n) is 1.73. The first-order valence-electron chi connectivity index (χ1n) is 6.71. The van der Waals surface area contributed by atoms with E-state index in [4.69, 9.17) is 10.00 Å². The van der Waals surface area contributed by atoms with Gasteiger partial charge in [0.05, 0.1) is 11.6 Å². The van der Waals surface area contributed by atoms with E-state index in [1.165, 1.54) is 4.90 Å². The minimum absolute atomic E-state index is 0.0947. The highest BCUT2D eigenvalue weighted by atomic mass is 32.2. The Morgan fingerprint density at radius 1 is 1.26 bits per heavy atom. The van der Waals surface area contributed by atoms with Crippen LogP contribution in [0, 0.1) is 11.3 Å². The fourth-order valence-corrected chi connectivity index (χ4v) is 2.56. The van der Waals surface area contributed by atoms with Gasteiger partial charge in [0, 0.05) is 12.3 Å². The summed E-state index contributed by atoms with van der Waals surface area (Å²) in [6.07, 6.45) is 0. The molecule has 9 heteroatoms. The SMILES string of the molecule is N#Cc1ccc(OCC(=O)NNC(=O)CN2CCSC2=O)cc1. The second kappa shape index (κ2) is 8.05. The first-order chi connectivity index (χ1) is 11.1. The van der Waals surface area contributed by atoms with E-state index < -0.39 is 11.8 Å². The lowest BCUT2D eigenvalue weighted by Crippen LogP contribution is -2.47. The van der Waals surface area contributed by atoms with Gasteiger partial charge in [0.2, 0.25) is 0 Å². The summed E-state index contributed by atoms with van der Waals surface area (Å²) in [7, 11) is 0. The number of amides is 3. The Labute approximate surface area is 136 Å². The quantitative estimate of drug-likeness (QED) is 0.747. The van der Waals surface area contributed by atoms with Crippen LogP contribution >= 0.6 is 11.8 Å². The number of hydrogen-bond donors (Lipinski definition) is 2. The molecule has 1 saturated heterocycles. The molecule has 23 heavy (non-hydrogen) atoms. The number of carbonyl (C=O) groups is 3. The summed E-state index contributed by atoms with van der Waals surface area (Å²) < 4.78 is 5.21. The molecule has 0 spiro atoms. The monoisotopic (exact) mass is 334 g/mol. The molecule has 8 nitrogen and oxygen atoms in total. The topological polar surface area (TPSA) is 112 Å². The van der Waals surface area contributed by atoms with Crippen molar-refractivity contribution in [2.45, 2.75) is 0 Å². The highest BCUT2D eigenvalue weighted by molar-refractivity contribution is 8.13. The summed E-state index contributed by atoms with van der Waals surface area (Å²) in [5, 5.41) is 8.52. The minimum Gasteiger partial charge on any atom is -0.484 e. The van der Waals surface area contributed by atoms with E-state index in [-0.39, 0.29) is 18.4 Å². The first kappa shape index (κ1) is 16.6. The average Bonchev–Trinajstić information content (AvgIpc) is 2.96. The molecule has 2 N–H and O–H groups in total. The van der Waals surface area contributed by atoms with Crippen molar-refractivity contribution in [3.63, 3.8) is 0 Å². The van der Waals surface area contributed by atoms with E-state index in [2.05, 4.69) is 10.9 Å². The standard InChI is InChI=1S/C14H14N4O4S/c15-7-10-1-3-11(4-2-10)22-9-13(20)17-16-12(19)8-18-5-6-23-14(18)21/h1-4H,5-6,8-9H2,(H,16,19)(H,17,20). The van der Waals surface area contributed by atoms with E-state index in [1.807, 2.05) is 6.07 Å². The molecule has 1 aromatic rings. The number of carbonyl (C=O) groups excluding carboxylic acids is 3. The second-order valence-corrected chi connectivity index (χ2v) is 5.60. The zero-order valence-corrected chi connectivity index (χ0v) is 12.9. The van der Waals surface area contributed by atoms with Crippen LogP contribution in [0.15, 0.2) is 24.3 Å². The largest absolute Gasteiger partial charge is 0.484 e. The van der Waals surface area contributed by atoms with Gasteiger partial charge in [-0.1, -0.05) is 11.8 Å². The molecule has 0 atom stereocenters. The van der Waals surface area contributed by atoms with Crippen LogP contribution in [0.25, 0.3) is 0 Å². The lowest BCUT2D eigenvalue weighted by molar-refractivity contribution is -0.130. The number of ether oxygens (including phenoxy) is 1. The number of nitrogens with zero attached hydrogens (tertiary/aromatic N) is 2. The van der Waals surface area contributed by atoms with Crippen LogP contribution in [-0.4, -0.2) is 47.4 Å². The van der Waals surface area contributed by atoms with Crippen LogP contribution < -0.4 is 15.6 Å². The summed E-state index contributed by atoms with van der Waals surface area (Å²) in [6, 6.07) is 8.25. The number of nitrogens with one attached hydrogen (secondary N) is 2. The fraction of sp³-hybridized carbons (Fsp3) is 0.286. The normalized spacial score (nSPS) is 13.3. The molecule has 0 saturated carbocycles. The molecular formula is C14H14N4O4S. The van der Waals surface area contributed by atoms with Gasteiger partial charge in [-0.3, -0.25) is 25.2 Å². The molecule has 1 aliphatic heterocycles. The third-order valence-electron chi connectivity index (χ3n) is 2.87. The summed E-state index contributed by atoms with van der Waals surface area (Å²) >= 11 is 1.16. The minimum atomic E-state index is -0.537. The Morgan fingerprint density at radius 3 is 2.57 bits per heavy atom. The summed E-state index contributed by atoms with van der Waals surface area (Å²) in [6.45, 7) is 0.139. The highest BCUT2D eigenvalue weighted by Gasteiger charge is 2.23. The number of hydrogen-bond acceptors (Lipinski definition) is 6. The maximum absolute atomic E-state index is 11.6. The van der Waals surface area contributed by atoms with E-state index in [9.17, 15) is 14.4 Å². The summed E-state index contributed by atoms with van der Waals surface area (Å²) in [5.74, 6) is 0.0826. The van der Waals surface area contributed by atoms with Gasteiger partial charge >= 0.3 is 0 Å². The van der Waals surface area contributed by atoms with Crippen LogP contribution in [0.2, 0.25) is 0 Å². The smallest absolute Gasteiger partial charge is 0.282 e. The van der Waals surface area contributed by atoms with Crippen molar-refractivity contribution in [2.24, 2.45) is 0 Å². The second-order valence-electron chi connectivity index (χ2n) is 4.56. The van der Waals surface area contributed by atoms with Crippen molar-refractivity contribution in [1.29, 1.82) is 5.26 Å². The van der Waals surface area contributed by atoms with Crippen molar-refractivity contribution >= 4 is 28.8 Å². The highest BCUT2D eigenvalue weighted by Crippen LogP contribution is 2.16. The molecule has 1 aromatic carbocycles. The molecule has 0 aliphatic carbocycles. The zero-order chi connectivity index (χ0) is 16.7. The van der Waals surface area contributed by atoms with Crippen molar-refractivity contribution in [1.82, 2.24) is 15.8 Å². The molecule has 1 aliphatic rings.